The van der Waals surface area contributed by atoms with Crippen molar-refractivity contribution in [3.63, 3.8) is 0 Å². The van der Waals surface area contributed by atoms with Crippen molar-refractivity contribution in [2.45, 2.75) is 38.0 Å². The largest absolute Gasteiger partial charge is 0.418 e. The number of hydrogen-bond acceptors (Lipinski definition) is 3. The summed E-state index contributed by atoms with van der Waals surface area (Å²) in [6, 6.07) is 0. The molecule has 1 amide bonds. The summed E-state index contributed by atoms with van der Waals surface area (Å²) in [4.78, 5) is 12.7. The summed E-state index contributed by atoms with van der Waals surface area (Å²) in [5.74, 6) is -0.411. The maximum atomic E-state index is 12.7. The molecule has 106 valence electrons. The van der Waals surface area contributed by atoms with Gasteiger partial charge in [-0.3, -0.25) is 4.79 Å². The van der Waals surface area contributed by atoms with Crippen molar-refractivity contribution in [2.75, 3.05) is 26.3 Å². The number of amides is 1. The topological polar surface area (TPSA) is 49.8 Å². The summed E-state index contributed by atoms with van der Waals surface area (Å²) in [6.45, 7) is 1.99. The second-order valence-corrected chi connectivity index (χ2v) is 4.40. The zero-order valence-corrected chi connectivity index (χ0v) is 10.3. The number of piperidine rings is 1. The van der Waals surface area contributed by atoms with Crippen LogP contribution in [0.2, 0.25) is 0 Å². The van der Waals surface area contributed by atoms with E-state index < -0.39 is 24.2 Å². The number of rotatable bonds is 4. The Balaban J connectivity index is 2.56. The van der Waals surface area contributed by atoms with Crippen molar-refractivity contribution in [2.24, 2.45) is 0 Å². The van der Waals surface area contributed by atoms with Crippen LogP contribution in [0.3, 0.4) is 0 Å². The molecule has 1 aliphatic heterocycles. The molecule has 1 rings (SSSR count). The average molecular weight is 269 g/mol. The Hall–Kier alpha value is -0.820. The van der Waals surface area contributed by atoms with Gasteiger partial charge in [0, 0.05) is 13.2 Å². The van der Waals surface area contributed by atoms with E-state index in [-0.39, 0.29) is 32.4 Å². The highest BCUT2D eigenvalue weighted by Gasteiger charge is 2.55. The van der Waals surface area contributed by atoms with Gasteiger partial charge in [-0.1, -0.05) is 0 Å². The van der Waals surface area contributed by atoms with E-state index in [9.17, 15) is 23.1 Å². The van der Waals surface area contributed by atoms with E-state index in [1.165, 1.54) is 0 Å². The van der Waals surface area contributed by atoms with Crippen molar-refractivity contribution in [1.82, 2.24) is 4.90 Å². The molecular formula is C11H18F3NO3. The molecule has 7 heteroatoms. The van der Waals surface area contributed by atoms with Crippen LogP contribution in [0, 0.1) is 0 Å². The number of nitrogens with zero attached hydrogens (tertiary/aromatic N) is 1. The summed E-state index contributed by atoms with van der Waals surface area (Å²) in [7, 11) is 0. The van der Waals surface area contributed by atoms with Gasteiger partial charge in [-0.2, -0.15) is 13.2 Å². The molecule has 1 fully saturated rings. The number of carbonyl (C=O) groups excluding carboxylic acids is 1. The molecule has 4 nitrogen and oxygen atoms in total. The molecule has 1 N–H and O–H groups in total. The van der Waals surface area contributed by atoms with Gasteiger partial charge in [0.1, 0.15) is 0 Å². The van der Waals surface area contributed by atoms with Crippen LogP contribution in [0.1, 0.15) is 26.2 Å². The van der Waals surface area contributed by atoms with Crippen LogP contribution in [0.25, 0.3) is 0 Å². The Morgan fingerprint density at radius 2 is 2.17 bits per heavy atom. The predicted octanol–water partition coefficient (Wildman–Crippen LogP) is 1.33. The third-order valence-electron chi connectivity index (χ3n) is 3.02. The van der Waals surface area contributed by atoms with Gasteiger partial charge in [0.25, 0.3) is 0 Å². The highest BCUT2D eigenvalue weighted by atomic mass is 19.4. The highest BCUT2D eigenvalue weighted by Crippen LogP contribution is 2.37. The lowest BCUT2D eigenvalue weighted by atomic mass is 9.92. The fourth-order valence-electron chi connectivity index (χ4n) is 1.94. The van der Waals surface area contributed by atoms with E-state index in [1.807, 2.05) is 0 Å². The first kappa shape index (κ1) is 15.2. The Morgan fingerprint density at radius 1 is 1.50 bits per heavy atom. The lowest BCUT2D eigenvalue weighted by Gasteiger charge is -2.40. The molecule has 0 aromatic heterocycles. The summed E-state index contributed by atoms with van der Waals surface area (Å²) in [6.07, 6.45) is -4.87. The maximum absolute atomic E-state index is 12.7. The molecule has 0 aromatic rings. The minimum Gasteiger partial charge on any atom is -0.381 e. The molecule has 1 atom stereocenters. The first-order valence-electron chi connectivity index (χ1n) is 5.95. The molecule has 18 heavy (non-hydrogen) atoms. The van der Waals surface area contributed by atoms with Crippen LogP contribution >= 0.6 is 0 Å². The molecular weight excluding hydrogens is 251 g/mol. The van der Waals surface area contributed by atoms with Crippen LogP contribution in [0.5, 0.6) is 0 Å². The lowest BCUT2D eigenvalue weighted by molar-refractivity contribution is -0.272. The van der Waals surface area contributed by atoms with Gasteiger partial charge in [-0.05, 0) is 19.8 Å². The Kier molecular flexibility index (Phi) is 4.98. The van der Waals surface area contributed by atoms with Crippen LogP contribution in [-0.2, 0) is 9.53 Å². The van der Waals surface area contributed by atoms with Crippen LogP contribution < -0.4 is 0 Å². The minimum absolute atomic E-state index is 0.0434. The van der Waals surface area contributed by atoms with Gasteiger partial charge < -0.3 is 14.7 Å². The lowest BCUT2D eigenvalue weighted by Crippen LogP contribution is -2.58. The van der Waals surface area contributed by atoms with E-state index in [4.69, 9.17) is 4.74 Å². The average Bonchev–Trinajstić information content (AvgIpc) is 2.28. The maximum Gasteiger partial charge on any atom is 0.418 e. The molecule has 0 aliphatic carbocycles. The molecule has 1 aliphatic rings. The summed E-state index contributed by atoms with van der Waals surface area (Å²) < 4.78 is 43.0. The number of carbonyl (C=O) groups is 1. The molecule has 0 aromatic carbocycles. The number of β-amino-alcohol motifs (C(OH)–C–C–N with tert-alkyl or cyclic N) is 1. The SMILES string of the molecule is CCOCCC(=O)N1CCC[C@](O)(C(F)(F)F)C1. The standard InChI is InChI=1S/C11H18F3NO3/c1-2-18-7-4-9(16)15-6-3-5-10(17,8-15)11(12,13)14/h17H,2-8H2,1H3/t10-/m1/s1. The molecule has 0 spiro atoms. The Bertz CT molecular complexity index is 296. The number of alkyl halides is 3. The molecule has 0 radical (unpaired) electrons. The summed E-state index contributed by atoms with van der Waals surface area (Å²) in [5, 5.41) is 9.55. The van der Waals surface area contributed by atoms with Crippen molar-refractivity contribution in [3.8, 4) is 0 Å². The number of hydrogen-bond donors (Lipinski definition) is 1. The normalized spacial score (nSPS) is 25.3. The number of aliphatic hydroxyl groups is 1. The Labute approximate surface area is 104 Å². The fraction of sp³-hybridized carbons (Fsp3) is 0.909. The third-order valence-corrected chi connectivity index (χ3v) is 3.02. The van der Waals surface area contributed by atoms with E-state index in [0.717, 1.165) is 4.90 Å². The van der Waals surface area contributed by atoms with Crippen LogP contribution in [0.15, 0.2) is 0 Å². The fourth-order valence-corrected chi connectivity index (χ4v) is 1.94. The molecule has 0 bridgehead atoms. The number of halogens is 3. The summed E-state index contributed by atoms with van der Waals surface area (Å²) in [5.41, 5.74) is -2.77. The first-order chi connectivity index (χ1) is 8.30. The van der Waals surface area contributed by atoms with Gasteiger partial charge in [0.2, 0.25) is 5.91 Å². The van der Waals surface area contributed by atoms with Crippen molar-refractivity contribution in [3.05, 3.63) is 0 Å². The smallest absolute Gasteiger partial charge is 0.381 e. The monoisotopic (exact) mass is 269 g/mol. The van der Waals surface area contributed by atoms with Crippen molar-refractivity contribution < 1.29 is 27.8 Å². The van der Waals surface area contributed by atoms with Gasteiger partial charge in [-0.15, -0.1) is 0 Å². The Morgan fingerprint density at radius 3 is 2.72 bits per heavy atom. The number of ether oxygens (including phenoxy) is 1. The molecule has 1 saturated heterocycles. The second kappa shape index (κ2) is 5.88. The first-order valence-corrected chi connectivity index (χ1v) is 5.95. The molecule has 0 unspecified atom stereocenters. The van der Waals surface area contributed by atoms with Crippen molar-refractivity contribution in [1.29, 1.82) is 0 Å². The zero-order valence-electron chi connectivity index (χ0n) is 10.3. The minimum atomic E-state index is -4.70. The van der Waals surface area contributed by atoms with Crippen LogP contribution in [0.4, 0.5) is 13.2 Å². The van der Waals surface area contributed by atoms with Gasteiger partial charge >= 0.3 is 6.18 Å². The van der Waals surface area contributed by atoms with Crippen LogP contribution in [-0.4, -0.2) is 54.0 Å². The van der Waals surface area contributed by atoms with Gasteiger partial charge in [0.15, 0.2) is 5.60 Å². The van der Waals surface area contributed by atoms with E-state index in [0.29, 0.717) is 6.61 Å². The summed E-state index contributed by atoms with van der Waals surface area (Å²) >= 11 is 0. The third kappa shape index (κ3) is 3.58. The van der Waals surface area contributed by atoms with E-state index >= 15 is 0 Å². The predicted molar refractivity (Wildman–Crippen MR) is 57.9 cm³/mol. The van der Waals surface area contributed by atoms with E-state index in [1.54, 1.807) is 6.92 Å². The van der Waals surface area contributed by atoms with E-state index in [2.05, 4.69) is 0 Å². The highest BCUT2D eigenvalue weighted by molar-refractivity contribution is 5.76. The van der Waals surface area contributed by atoms with Gasteiger partial charge in [0.05, 0.1) is 19.6 Å². The quantitative estimate of drug-likeness (QED) is 0.783. The number of likely N-dealkylation sites (tertiary alicyclic amines) is 1. The second-order valence-electron chi connectivity index (χ2n) is 4.40. The van der Waals surface area contributed by atoms with Crippen molar-refractivity contribution >= 4 is 5.91 Å². The molecule has 1 heterocycles. The van der Waals surface area contributed by atoms with Gasteiger partial charge in [-0.25, -0.2) is 0 Å². The molecule has 0 saturated carbocycles. The zero-order chi connectivity index (χ0) is 13.8.